The lowest BCUT2D eigenvalue weighted by Crippen LogP contribution is -2.19. The van der Waals surface area contributed by atoms with Crippen LogP contribution in [0.4, 0.5) is 11.4 Å². The predicted octanol–water partition coefficient (Wildman–Crippen LogP) is 2.48. The van der Waals surface area contributed by atoms with E-state index in [4.69, 9.17) is 5.73 Å². The van der Waals surface area contributed by atoms with Crippen molar-refractivity contribution >= 4 is 17.3 Å². The number of nitrogens with two attached hydrogens (primary N) is 1. The van der Waals surface area contributed by atoms with E-state index in [1.54, 1.807) is 0 Å². The maximum Gasteiger partial charge on any atom is 0.226 e. The van der Waals surface area contributed by atoms with Gasteiger partial charge in [-0.05, 0) is 31.0 Å². The molecule has 3 nitrogen and oxygen atoms in total. The lowest BCUT2D eigenvalue weighted by Gasteiger charge is -2.13. The molecule has 0 aliphatic rings. The van der Waals surface area contributed by atoms with E-state index in [9.17, 15) is 4.79 Å². The van der Waals surface area contributed by atoms with Gasteiger partial charge in [0.15, 0.2) is 0 Å². The molecule has 0 radical (unpaired) electrons. The molecule has 3 heteroatoms. The van der Waals surface area contributed by atoms with Crippen LogP contribution in [0.15, 0.2) is 12.1 Å². The predicted molar refractivity (Wildman–Crippen MR) is 63.8 cm³/mol. The van der Waals surface area contributed by atoms with Crippen LogP contribution in [0.5, 0.6) is 0 Å². The molecule has 1 amide bonds. The van der Waals surface area contributed by atoms with Gasteiger partial charge in [-0.15, -0.1) is 0 Å². The number of carbonyl (C=O) groups excluding carboxylic acids is 1. The van der Waals surface area contributed by atoms with Crippen LogP contribution in [0.3, 0.4) is 0 Å². The van der Waals surface area contributed by atoms with Gasteiger partial charge in [0, 0.05) is 5.92 Å². The van der Waals surface area contributed by atoms with Gasteiger partial charge in [-0.3, -0.25) is 4.79 Å². The van der Waals surface area contributed by atoms with Crippen LogP contribution in [0.1, 0.15) is 25.0 Å². The largest absolute Gasteiger partial charge is 0.397 e. The van der Waals surface area contributed by atoms with Crippen LogP contribution in [0.25, 0.3) is 0 Å². The molecule has 0 bridgehead atoms. The molecule has 0 aliphatic heterocycles. The topological polar surface area (TPSA) is 55.1 Å². The summed E-state index contributed by atoms with van der Waals surface area (Å²) in [6.07, 6.45) is 0. The molecular formula is C12H18N2O. The Morgan fingerprint density at radius 1 is 1.33 bits per heavy atom. The van der Waals surface area contributed by atoms with Crippen molar-refractivity contribution in [1.29, 1.82) is 0 Å². The van der Waals surface area contributed by atoms with Crippen LogP contribution in [-0.2, 0) is 4.79 Å². The average Bonchev–Trinajstić information content (AvgIpc) is 2.10. The fraction of sp³-hybridized carbons (Fsp3) is 0.417. The van der Waals surface area contributed by atoms with Crippen LogP contribution < -0.4 is 11.1 Å². The maximum absolute atomic E-state index is 11.5. The van der Waals surface area contributed by atoms with E-state index in [0.717, 1.165) is 16.8 Å². The molecule has 15 heavy (non-hydrogen) atoms. The first-order valence-corrected chi connectivity index (χ1v) is 5.09. The third kappa shape index (κ3) is 2.72. The summed E-state index contributed by atoms with van der Waals surface area (Å²) in [7, 11) is 0. The number of hydrogen-bond acceptors (Lipinski definition) is 2. The number of nitrogens with one attached hydrogen (secondary N) is 1. The summed E-state index contributed by atoms with van der Waals surface area (Å²) >= 11 is 0. The Morgan fingerprint density at radius 2 is 1.93 bits per heavy atom. The first kappa shape index (κ1) is 11.6. The lowest BCUT2D eigenvalue weighted by molar-refractivity contribution is -0.118. The minimum Gasteiger partial charge on any atom is -0.397 e. The first-order chi connectivity index (χ1) is 6.91. The Morgan fingerprint density at radius 3 is 2.40 bits per heavy atom. The molecule has 0 unspecified atom stereocenters. The molecule has 0 spiro atoms. The van der Waals surface area contributed by atoms with Crippen molar-refractivity contribution in [3.8, 4) is 0 Å². The second kappa shape index (κ2) is 4.34. The van der Waals surface area contributed by atoms with Crippen molar-refractivity contribution in [2.75, 3.05) is 11.1 Å². The molecule has 3 N–H and O–H groups in total. The van der Waals surface area contributed by atoms with E-state index in [2.05, 4.69) is 5.32 Å². The summed E-state index contributed by atoms with van der Waals surface area (Å²) in [6, 6.07) is 3.87. The number of anilines is 2. The van der Waals surface area contributed by atoms with Crippen LogP contribution in [0, 0.1) is 19.8 Å². The molecule has 1 aromatic carbocycles. The third-order valence-electron chi connectivity index (χ3n) is 2.28. The van der Waals surface area contributed by atoms with Crippen molar-refractivity contribution in [2.24, 2.45) is 5.92 Å². The molecule has 1 aromatic rings. The van der Waals surface area contributed by atoms with Gasteiger partial charge in [-0.25, -0.2) is 0 Å². The molecule has 0 saturated heterocycles. The molecule has 82 valence electrons. The molecular weight excluding hydrogens is 188 g/mol. The van der Waals surface area contributed by atoms with Gasteiger partial charge in [-0.1, -0.05) is 19.9 Å². The van der Waals surface area contributed by atoms with Gasteiger partial charge < -0.3 is 11.1 Å². The number of amides is 1. The highest BCUT2D eigenvalue weighted by Crippen LogP contribution is 2.25. The standard InChI is InChI=1S/C12H18N2O/c1-7(2)12(15)14-11-9(4)5-8(3)6-10(11)13/h5-7H,13H2,1-4H3,(H,14,15). The SMILES string of the molecule is Cc1cc(C)c(NC(=O)C(C)C)c(N)c1. The number of nitrogen functional groups attached to an aromatic ring is 1. The Kier molecular flexibility index (Phi) is 3.35. The number of aryl methyl sites for hydroxylation is 2. The van der Waals surface area contributed by atoms with Crippen molar-refractivity contribution < 1.29 is 4.79 Å². The summed E-state index contributed by atoms with van der Waals surface area (Å²) in [6.45, 7) is 7.64. The zero-order chi connectivity index (χ0) is 11.6. The number of hydrogen-bond donors (Lipinski definition) is 2. The monoisotopic (exact) mass is 206 g/mol. The fourth-order valence-corrected chi connectivity index (χ4v) is 1.44. The first-order valence-electron chi connectivity index (χ1n) is 5.09. The number of rotatable bonds is 2. The zero-order valence-corrected chi connectivity index (χ0v) is 9.72. The molecule has 1 rings (SSSR count). The Balaban J connectivity index is 3.00. The molecule has 0 saturated carbocycles. The summed E-state index contributed by atoms with van der Waals surface area (Å²) in [5.41, 5.74) is 9.32. The van der Waals surface area contributed by atoms with Gasteiger partial charge in [-0.2, -0.15) is 0 Å². The normalized spacial score (nSPS) is 10.5. The summed E-state index contributed by atoms with van der Waals surface area (Å²) in [4.78, 5) is 11.5. The van der Waals surface area contributed by atoms with Crippen molar-refractivity contribution in [3.05, 3.63) is 23.3 Å². The molecule has 0 aliphatic carbocycles. The second-order valence-corrected chi connectivity index (χ2v) is 4.19. The Bertz CT molecular complexity index is 360. The van der Waals surface area contributed by atoms with Gasteiger partial charge in [0.1, 0.15) is 0 Å². The highest BCUT2D eigenvalue weighted by molar-refractivity contribution is 5.96. The van der Waals surface area contributed by atoms with Crippen molar-refractivity contribution in [2.45, 2.75) is 27.7 Å². The number of benzene rings is 1. The van der Waals surface area contributed by atoms with Gasteiger partial charge >= 0.3 is 0 Å². The fourth-order valence-electron chi connectivity index (χ4n) is 1.44. The van der Waals surface area contributed by atoms with Gasteiger partial charge in [0.2, 0.25) is 5.91 Å². The summed E-state index contributed by atoms with van der Waals surface area (Å²) in [5, 5.41) is 2.84. The third-order valence-corrected chi connectivity index (χ3v) is 2.28. The number of carbonyl (C=O) groups is 1. The van der Waals surface area contributed by atoms with E-state index >= 15 is 0 Å². The van der Waals surface area contributed by atoms with Crippen molar-refractivity contribution in [3.63, 3.8) is 0 Å². The highest BCUT2D eigenvalue weighted by Gasteiger charge is 2.11. The quantitative estimate of drug-likeness (QED) is 0.730. The highest BCUT2D eigenvalue weighted by atomic mass is 16.1. The lowest BCUT2D eigenvalue weighted by atomic mass is 10.1. The average molecular weight is 206 g/mol. The minimum absolute atomic E-state index is 0.00588. The Labute approximate surface area is 90.7 Å². The van der Waals surface area contributed by atoms with E-state index in [1.165, 1.54) is 0 Å². The summed E-state index contributed by atoms with van der Waals surface area (Å²) in [5.74, 6) is -0.0428. The molecule has 0 aromatic heterocycles. The van der Waals surface area contributed by atoms with E-state index < -0.39 is 0 Å². The molecule has 0 heterocycles. The van der Waals surface area contributed by atoms with Crippen molar-refractivity contribution in [1.82, 2.24) is 0 Å². The van der Waals surface area contributed by atoms with E-state index in [-0.39, 0.29) is 11.8 Å². The molecule has 0 atom stereocenters. The second-order valence-electron chi connectivity index (χ2n) is 4.19. The van der Waals surface area contributed by atoms with Gasteiger partial charge in [0.25, 0.3) is 0 Å². The smallest absolute Gasteiger partial charge is 0.226 e. The van der Waals surface area contributed by atoms with Crippen LogP contribution in [0.2, 0.25) is 0 Å². The maximum atomic E-state index is 11.5. The van der Waals surface area contributed by atoms with Crippen LogP contribution in [-0.4, -0.2) is 5.91 Å². The zero-order valence-electron chi connectivity index (χ0n) is 9.72. The van der Waals surface area contributed by atoms with E-state index in [1.807, 2.05) is 39.8 Å². The van der Waals surface area contributed by atoms with Gasteiger partial charge in [0.05, 0.1) is 11.4 Å². The minimum atomic E-state index is -0.0369. The summed E-state index contributed by atoms with van der Waals surface area (Å²) < 4.78 is 0. The molecule has 0 fully saturated rings. The Hall–Kier alpha value is -1.51. The van der Waals surface area contributed by atoms with Crippen LogP contribution >= 0.6 is 0 Å². The van der Waals surface area contributed by atoms with E-state index in [0.29, 0.717) is 5.69 Å².